The highest BCUT2D eigenvalue weighted by atomic mass is 127. The van der Waals surface area contributed by atoms with Crippen LogP contribution in [0.2, 0.25) is 0 Å². The number of amides is 1. The highest BCUT2D eigenvalue weighted by Crippen LogP contribution is 2.18. The van der Waals surface area contributed by atoms with Gasteiger partial charge in [-0.25, -0.2) is 4.99 Å². The molecule has 3 aliphatic rings. The predicted molar refractivity (Wildman–Crippen MR) is 133 cm³/mol. The Morgan fingerprint density at radius 1 is 1.06 bits per heavy atom. The third-order valence-corrected chi connectivity index (χ3v) is 6.64. The highest BCUT2D eigenvalue weighted by Gasteiger charge is 2.26. The van der Waals surface area contributed by atoms with Crippen molar-refractivity contribution in [1.82, 2.24) is 34.8 Å². The van der Waals surface area contributed by atoms with Crippen LogP contribution in [0.4, 0.5) is 0 Å². The third kappa shape index (κ3) is 6.53. The fourth-order valence-electron chi connectivity index (χ4n) is 4.45. The number of nitrogens with zero attached hydrogens (tertiary/aromatic N) is 7. The van der Waals surface area contributed by atoms with E-state index in [1.165, 1.54) is 25.7 Å². The fourth-order valence-corrected chi connectivity index (χ4v) is 4.45. The van der Waals surface area contributed by atoms with Crippen LogP contribution in [0, 0.1) is 6.92 Å². The number of aromatic nitrogens is 3. The van der Waals surface area contributed by atoms with Crippen LogP contribution in [-0.4, -0.2) is 106 Å². The topological polar surface area (TPSA) is 91.1 Å². The molecule has 0 aromatic carbocycles. The molecule has 0 unspecified atom stereocenters. The lowest BCUT2D eigenvalue weighted by atomic mass is 10.2. The zero-order valence-electron chi connectivity index (χ0n) is 19.3. The van der Waals surface area contributed by atoms with Crippen molar-refractivity contribution in [3.8, 4) is 0 Å². The number of piperazine rings is 1. The van der Waals surface area contributed by atoms with E-state index in [1.807, 2.05) is 23.4 Å². The van der Waals surface area contributed by atoms with E-state index in [9.17, 15) is 4.79 Å². The molecule has 1 aliphatic carbocycles. The van der Waals surface area contributed by atoms with Crippen LogP contribution >= 0.6 is 24.0 Å². The zero-order valence-corrected chi connectivity index (χ0v) is 21.7. The van der Waals surface area contributed by atoms with Crippen molar-refractivity contribution in [1.29, 1.82) is 0 Å². The van der Waals surface area contributed by atoms with Gasteiger partial charge >= 0.3 is 0 Å². The van der Waals surface area contributed by atoms with Crippen LogP contribution < -0.4 is 5.32 Å². The molecular weight excluding hydrogens is 523 g/mol. The van der Waals surface area contributed by atoms with Gasteiger partial charge in [0.05, 0.1) is 19.8 Å². The number of aliphatic imine (C=N–C) groups is 1. The number of halogens is 1. The molecule has 1 saturated carbocycles. The van der Waals surface area contributed by atoms with Gasteiger partial charge in [0.2, 0.25) is 5.91 Å². The number of hydrogen-bond donors (Lipinski definition) is 1. The normalized spacial score (nSPS) is 21.0. The summed E-state index contributed by atoms with van der Waals surface area (Å²) in [6.07, 6.45) is 4.97. The molecule has 11 heteroatoms. The SMILES string of the molecule is Cc1nnc(CN=C(NC2CCCC2)N2CCN(CC(=O)N3CCOCC3)CC2)n1C.I. The molecule has 180 valence electrons. The average Bonchev–Trinajstić information content (AvgIpc) is 3.42. The van der Waals surface area contributed by atoms with Crippen LogP contribution in [0.3, 0.4) is 0 Å². The van der Waals surface area contributed by atoms with Crippen molar-refractivity contribution in [3.63, 3.8) is 0 Å². The number of aryl methyl sites for hydroxylation is 1. The third-order valence-electron chi connectivity index (χ3n) is 6.64. The van der Waals surface area contributed by atoms with Gasteiger partial charge in [-0.2, -0.15) is 0 Å². The second-order valence-corrected chi connectivity index (χ2v) is 8.74. The number of carbonyl (C=O) groups is 1. The van der Waals surface area contributed by atoms with Crippen LogP contribution in [0.25, 0.3) is 0 Å². The Labute approximate surface area is 207 Å². The maximum absolute atomic E-state index is 12.6. The molecule has 4 rings (SSSR count). The van der Waals surface area contributed by atoms with Gasteiger partial charge in [0.25, 0.3) is 0 Å². The van der Waals surface area contributed by atoms with Crippen molar-refractivity contribution in [3.05, 3.63) is 11.6 Å². The van der Waals surface area contributed by atoms with Gasteiger partial charge in [-0.05, 0) is 19.8 Å². The molecule has 0 radical (unpaired) electrons. The van der Waals surface area contributed by atoms with E-state index in [2.05, 4.69) is 25.3 Å². The van der Waals surface area contributed by atoms with Gasteiger partial charge in [-0.3, -0.25) is 9.69 Å². The summed E-state index contributed by atoms with van der Waals surface area (Å²) in [6, 6.07) is 0.501. The molecule has 0 atom stereocenters. The number of hydrogen-bond acceptors (Lipinski definition) is 6. The van der Waals surface area contributed by atoms with E-state index in [0.717, 1.165) is 43.8 Å². The van der Waals surface area contributed by atoms with Crippen molar-refractivity contribution in [2.24, 2.45) is 12.0 Å². The second-order valence-electron chi connectivity index (χ2n) is 8.74. The molecule has 0 bridgehead atoms. The summed E-state index contributed by atoms with van der Waals surface area (Å²) in [7, 11) is 1.98. The molecule has 2 saturated heterocycles. The summed E-state index contributed by atoms with van der Waals surface area (Å²) in [6.45, 7) is 9.15. The Balaban J connectivity index is 0.00000289. The Kier molecular flexibility index (Phi) is 9.53. The number of nitrogens with one attached hydrogen (secondary N) is 1. The minimum Gasteiger partial charge on any atom is -0.378 e. The summed E-state index contributed by atoms with van der Waals surface area (Å²) in [5.41, 5.74) is 0. The first-order valence-electron chi connectivity index (χ1n) is 11.6. The fraction of sp³-hybridized carbons (Fsp3) is 0.810. The first kappa shape index (κ1) is 25.2. The molecule has 1 aromatic heterocycles. The maximum Gasteiger partial charge on any atom is 0.236 e. The molecule has 0 spiro atoms. The maximum atomic E-state index is 12.6. The smallest absolute Gasteiger partial charge is 0.236 e. The summed E-state index contributed by atoms with van der Waals surface area (Å²) in [4.78, 5) is 24.0. The first-order chi connectivity index (χ1) is 15.1. The molecule has 3 fully saturated rings. The van der Waals surface area contributed by atoms with Crippen molar-refractivity contribution in [2.45, 2.75) is 45.2 Å². The lowest BCUT2D eigenvalue weighted by molar-refractivity contribution is -0.136. The zero-order chi connectivity index (χ0) is 21.6. The molecule has 1 amide bonds. The first-order valence-corrected chi connectivity index (χ1v) is 11.6. The quantitative estimate of drug-likeness (QED) is 0.321. The van der Waals surface area contributed by atoms with Crippen molar-refractivity contribution >= 4 is 35.8 Å². The van der Waals surface area contributed by atoms with E-state index in [0.29, 0.717) is 45.4 Å². The van der Waals surface area contributed by atoms with E-state index in [4.69, 9.17) is 9.73 Å². The summed E-state index contributed by atoms with van der Waals surface area (Å²) >= 11 is 0. The average molecular weight is 560 g/mol. The molecule has 3 heterocycles. The van der Waals surface area contributed by atoms with Crippen LogP contribution in [0.5, 0.6) is 0 Å². The molecule has 1 aromatic rings. The minimum atomic E-state index is 0. The van der Waals surface area contributed by atoms with E-state index in [-0.39, 0.29) is 29.9 Å². The van der Waals surface area contributed by atoms with Gasteiger partial charge in [0, 0.05) is 52.4 Å². The predicted octanol–water partition coefficient (Wildman–Crippen LogP) is 0.606. The molecular formula is C21H37IN8O2. The highest BCUT2D eigenvalue weighted by molar-refractivity contribution is 14.0. The number of carbonyl (C=O) groups excluding carboxylic acids is 1. The Morgan fingerprint density at radius 3 is 2.38 bits per heavy atom. The van der Waals surface area contributed by atoms with Crippen LogP contribution in [0.1, 0.15) is 37.3 Å². The number of ether oxygens (including phenoxy) is 1. The number of morpholine rings is 1. The lowest BCUT2D eigenvalue weighted by Gasteiger charge is -2.38. The molecule has 10 nitrogen and oxygen atoms in total. The van der Waals surface area contributed by atoms with Gasteiger partial charge < -0.3 is 24.4 Å². The minimum absolute atomic E-state index is 0. The Morgan fingerprint density at radius 2 is 1.75 bits per heavy atom. The second kappa shape index (κ2) is 12.1. The van der Waals surface area contributed by atoms with Crippen LogP contribution in [-0.2, 0) is 23.1 Å². The van der Waals surface area contributed by atoms with E-state index >= 15 is 0 Å². The monoisotopic (exact) mass is 560 g/mol. The van der Waals surface area contributed by atoms with Gasteiger partial charge in [0.1, 0.15) is 12.4 Å². The Hall–Kier alpha value is -1.47. The van der Waals surface area contributed by atoms with Crippen LogP contribution in [0.15, 0.2) is 4.99 Å². The van der Waals surface area contributed by atoms with E-state index < -0.39 is 0 Å². The Bertz CT molecular complexity index is 766. The summed E-state index contributed by atoms with van der Waals surface area (Å²) in [5, 5.41) is 12.1. The number of rotatable bonds is 5. The van der Waals surface area contributed by atoms with Gasteiger partial charge in [-0.15, -0.1) is 34.2 Å². The van der Waals surface area contributed by atoms with Crippen molar-refractivity contribution < 1.29 is 9.53 Å². The number of guanidine groups is 1. The standard InChI is InChI=1S/C21H36N8O2.HI/c1-17-24-25-19(26(17)2)15-22-21(23-18-5-3-4-6-18)29-9-7-27(8-10-29)16-20(30)28-11-13-31-14-12-28;/h18H,3-16H2,1-2H3,(H,22,23);1H. The van der Waals surface area contributed by atoms with Gasteiger partial charge in [0.15, 0.2) is 11.8 Å². The molecule has 2 aliphatic heterocycles. The van der Waals surface area contributed by atoms with Gasteiger partial charge in [-0.1, -0.05) is 12.8 Å². The van der Waals surface area contributed by atoms with Crippen molar-refractivity contribution in [2.75, 3.05) is 59.0 Å². The summed E-state index contributed by atoms with van der Waals surface area (Å²) < 4.78 is 7.35. The lowest BCUT2D eigenvalue weighted by Crippen LogP contribution is -2.55. The molecule has 1 N–H and O–H groups in total. The van der Waals surface area contributed by atoms with E-state index in [1.54, 1.807) is 0 Å². The molecule has 32 heavy (non-hydrogen) atoms. The largest absolute Gasteiger partial charge is 0.378 e. The summed E-state index contributed by atoms with van der Waals surface area (Å²) in [5.74, 6) is 2.95.